The van der Waals surface area contributed by atoms with Crippen LogP contribution in [0.4, 0.5) is 21.8 Å². The number of pyridine rings is 1. The molecule has 3 aromatic heterocycles. The molecule has 2 aromatic carbocycles. The molecule has 4 heterocycles. The molecular weight excluding hydrogens is 589 g/mol. The first-order valence-corrected chi connectivity index (χ1v) is 14.3. The van der Waals surface area contributed by atoms with Crippen molar-refractivity contribution >= 4 is 40.8 Å². The molecule has 0 aliphatic carbocycles. The molecule has 1 aliphatic rings. The van der Waals surface area contributed by atoms with Crippen LogP contribution in [0.15, 0.2) is 65.5 Å². The maximum absolute atomic E-state index is 14.7. The molecule has 12 nitrogen and oxygen atoms in total. The number of amides is 2. The zero-order chi connectivity index (χ0) is 30.8. The van der Waals surface area contributed by atoms with Crippen LogP contribution < -0.4 is 16.0 Å². The predicted octanol–water partition coefficient (Wildman–Crippen LogP) is 5.79. The normalized spacial score (nSPS) is 16.7. The molecule has 0 unspecified atom stereocenters. The van der Waals surface area contributed by atoms with Gasteiger partial charge in [0, 0.05) is 23.4 Å². The van der Waals surface area contributed by atoms with Crippen LogP contribution in [0.2, 0.25) is 5.02 Å². The van der Waals surface area contributed by atoms with Crippen molar-refractivity contribution in [1.29, 1.82) is 0 Å². The Morgan fingerprint density at radius 2 is 2.02 bits per heavy atom. The van der Waals surface area contributed by atoms with Gasteiger partial charge in [-0.1, -0.05) is 47.4 Å². The lowest BCUT2D eigenvalue weighted by Gasteiger charge is -2.22. The lowest BCUT2D eigenvalue weighted by atomic mass is 9.95. The van der Waals surface area contributed by atoms with Gasteiger partial charge >= 0.3 is 6.01 Å². The van der Waals surface area contributed by atoms with Crippen molar-refractivity contribution in [3.05, 3.63) is 89.0 Å². The zero-order valence-corrected chi connectivity index (χ0v) is 24.5. The van der Waals surface area contributed by atoms with E-state index >= 15 is 0 Å². The highest BCUT2D eigenvalue weighted by molar-refractivity contribution is 6.30. The minimum absolute atomic E-state index is 0.0472. The van der Waals surface area contributed by atoms with E-state index in [-0.39, 0.29) is 34.2 Å². The molecule has 0 fully saturated rings. The van der Waals surface area contributed by atoms with Gasteiger partial charge in [-0.3, -0.25) is 14.6 Å². The smallest absolute Gasteiger partial charge is 0.319 e. The maximum Gasteiger partial charge on any atom is 0.319 e. The number of nitrogens with zero attached hydrogens (tertiary/aromatic N) is 6. The number of carbonyl (C=O) groups excluding carboxylic acids is 2. The highest BCUT2D eigenvalue weighted by Gasteiger charge is 2.25. The van der Waals surface area contributed by atoms with Crippen molar-refractivity contribution in [2.45, 2.75) is 39.2 Å². The molecular formula is C30H27ClFN9O3. The predicted molar refractivity (Wildman–Crippen MR) is 160 cm³/mol. The summed E-state index contributed by atoms with van der Waals surface area (Å²) < 4.78 is 21.1. The average molecular weight is 616 g/mol. The van der Waals surface area contributed by atoms with Crippen LogP contribution in [0, 0.1) is 18.7 Å². The van der Waals surface area contributed by atoms with E-state index in [9.17, 15) is 14.0 Å². The van der Waals surface area contributed by atoms with Crippen molar-refractivity contribution in [1.82, 2.24) is 35.5 Å². The van der Waals surface area contributed by atoms with Gasteiger partial charge in [0.1, 0.15) is 5.69 Å². The number of aromatic nitrogens is 6. The lowest BCUT2D eigenvalue weighted by Crippen LogP contribution is -2.30. The van der Waals surface area contributed by atoms with Gasteiger partial charge in [-0.2, -0.15) is 0 Å². The second-order valence-electron chi connectivity index (χ2n) is 10.5. The van der Waals surface area contributed by atoms with Crippen molar-refractivity contribution in [2.75, 3.05) is 10.6 Å². The van der Waals surface area contributed by atoms with Gasteiger partial charge in [0.25, 0.3) is 5.91 Å². The molecule has 224 valence electrons. The molecule has 0 saturated heterocycles. The third kappa shape index (κ3) is 5.86. The highest BCUT2D eigenvalue weighted by Crippen LogP contribution is 2.34. The summed E-state index contributed by atoms with van der Waals surface area (Å²) in [4.78, 5) is 31.3. The van der Waals surface area contributed by atoms with Crippen LogP contribution in [0.25, 0.3) is 16.8 Å². The standard InChI is InChI=1S/C30H27ClFN9O3/c1-16-5-3-7-22(36-29(43)27-17(2)41(40-38-27)25-8-4-6-21(31)26(25)32)24-13-18(11-12-33-24)20-10-9-19(14-23(20)37-28(16)42)35-30-39-34-15-44-30/h4,6,8-16,22H,3,5,7H2,1-2H3,(H,35,39)(H,36,43)(H,37,42)/t16-,22+/m1/s1. The molecule has 3 N–H and O–H groups in total. The largest absolute Gasteiger partial charge is 0.411 e. The summed E-state index contributed by atoms with van der Waals surface area (Å²) in [5.41, 5.74) is 3.91. The molecule has 6 rings (SSSR count). The lowest BCUT2D eigenvalue weighted by molar-refractivity contribution is -0.119. The van der Waals surface area contributed by atoms with Crippen LogP contribution in [-0.4, -0.2) is 42.0 Å². The van der Waals surface area contributed by atoms with Crippen LogP contribution in [-0.2, 0) is 4.79 Å². The van der Waals surface area contributed by atoms with Gasteiger partial charge in [0.2, 0.25) is 12.3 Å². The molecule has 0 spiro atoms. The van der Waals surface area contributed by atoms with E-state index in [1.165, 1.54) is 23.2 Å². The Kier molecular flexibility index (Phi) is 8.03. The van der Waals surface area contributed by atoms with Crippen LogP contribution in [0.3, 0.4) is 0 Å². The van der Waals surface area contributed by atoms with Crippen molar-refractivity contribution in [2.24, 2.45) is 5.92 Å². The minimum atomic E-state index is -0.662. The Morgan fingerprint density at radius 3 is 2.84 bits per heavy atom. The first-order chi connectivity index (χ1) is 21.3. The number of rotatable bonds is 5. The van der Waals surface area contributed by atoms with E-state index < -0.39 is 17.8 Å². The first-order valence-electron chi connectivity index (χ1n) is 13.9. The average Bonchev–Trinajstić information content (AvgIpc) is 3.67. The number of benzene rings is 2. The van der Waals surface area contributed by atoms with Crippen LogP contribution >= 0.6 is 11.6 Å². The van der Waals surface area contributed by atoms with Crippen molar-refractivity contribution in [3.63, 3.8) is 0 Å². The Morgan fingerprint density at radius 1 is 1.16 bits per heavy atom. The summed E-state index contributed by atoms with van der Waals surface area (Å²) in [5.74, 6) is -1.57. The minimum Gasteiger partial charge on any atom is -0.411 e. The summed E-state index contributed by atoms with van der Waals surface area (Å²) >= 11 is 5.95. The number of hydrogen-bond donors (Lipinski definition) is 3. The summed E-state index contributed by atoms with van der Waals surface area (Å²) in [6.45, 7) is 3.50. The number of halogens is 2. The summed E-state index contributed by atoms with van der Waals surface area (Å²) in [7, 11) is 0. The second-order valence-corrected chi connectivity index (χ2v) is 10.9. The Labute approximate surface area is 256 Å². The fraction of sp³-hybridized carbons (Fsp3) is 0.233. The van der Waals surface area contributed by atoms with Gasteiger partial charge in [-0.15, -0.1) is 10.2 Å². The van der Waals surface area contributed by atoms with Crippen LogP contribution in [0.5, 0.6) is 0 Å². The van der Waals surface area contributed by atoms with Gasteiger partial charge in [-0.05, 0) is 61.7 Å². The molecule has 44 heavy (non-hydrogen) atoms. The molecule has 2 amide bonds. The topological polar surface area (TPSA) is 153 Å². The Bertz CT molecular complexity index is 1840. The van der Waals surface area contributed by atoms with Crippen LogP contribution in [0.1, 0.15) is 54.1 Å². The number of fused-ring (bicyclic) bond motifs is 4. The molecule has 14 heteroatoms. The van der Waals surface area contributed by atoms with Crippen molar-refractivity contribution < 1.29 is 18.4 Å². The number of nitrogens with one attached hydrogen (secondary N) is 3. The fourth-order valence-corrected chi connectivity index (χ4v) is 5.26. The summed E-state index contributed by atoms with van der Waals surface area (Å²) in [6, 6.07) is 13.5. The van der Waals surface area contributed by atoms with Crippen molar-refractivity contribution in [3.8, 4) is 16.8 Å². The summed E-state index contributed by atoms with van der Waals surface area (Å²) in [5, 5.41) is 24.6. The molecule has 0 radical (unpaired) electrons. The third-order valence-electron chi connectivity index (χ3n) is 7.49. The number of anilines is 3. The van der Waals surface area contributed by atoms with E-state index in [4.69, 9.17) is 16.0 Å². The van der Waals surface area contributed by atoms with Gasteiger partial charge in [-0.25, -0.2) is 9.07 Å². The maximum atomic E-state index is 14.7. The monoisotopic (exact) mass is 615 g/mol. The number of hydrogen-bond acceptors (Lipinski definition) is 9. The van der Waals surface area contributed by atoms with Gasteiger partial charge in [0.05, 0.1) is 28.1 Å². The SMILES string of the molecule is Cc1c(C(=O)N[C@H]2CCC[C@@H](C)C(=O)Nc3cc(Nc4nnco4)ccc3-c3ccnc2c3)nnn1-c1cccc(Cl)c1F. The fourth-order valence-electron chi connectivity index (χ4n) is 5.09. The molecule has 2 atom stereocenters. The Balaban J connectivity index is 1.32. The van der Waals surface area contributed by atoms with E-state index in [1.807, 2.05) is 31.2 Å². The van der Waals surface area contributed by atoms with E-state index in [0.717, 1.165) is 11.1 Å². The number of carbonyl (C=O) groups is 2. The zero-order valence-electron chi connectivity index (χ0n) is 23.7. The van der Waals surface area contributed by atoms with Gasteiger partial charge < -0.3 is 20.4 Å². The quantitative estimate of drug-likeness (QED) is 0.223. The van der Waals surface area contributed by atoms with E-state index in [1.54, 1.807) is 25.3 Å². The first kappa shape index (κ1) is 28.9. The molecule has 2 bridgehead atoms. The second kappa shape index (κ2) is 12.2. The van der Waals surface area contributed by atoms with E-state index in [0.29, 0.717) is 42.0 Å². The molecule has 5 aromatic rings. The van der Waals surface area contributed by atoms with Gasteiger partial charge in [0.15, 0.2) is 11.5 Å². The third-order valence-corrected chi connectivity index (χ3v) is 7.78. The molecule has 1 aliphatic heterocycles. The van der Waals surface area contributed by atoms with E-state index in [2.05, 4.69) is 41.4 Å². The Hall–Kier alpha value is -5.17. The highest BCUT2D eigenvalue weighted by atomic mass is 35.5. The summed E-state index contributed by atoms with van der Waals surface area (Å²) in [6.07, 6.45) is 4.62. The molecule has 0 saturated carbocycles.